The Labute approximate surface area is 183 Å². The van der Waals surface area contributed by atoms with Gasteiger partial charge in [0.15, 0.2) is 0 Å². The zero-order chi connectivity index (χ0) is 20.6. The van der Waals surface area contributed by atoms with Crippen LogP contribution >= 0.6 is 0 Å². The largest absolute Gasteiger partial charge is 0.332 e. The number of aromatic nitrogens is 2. The van der Waals surface area contributed by atoms with E-state index in [1.54, 1.807) is 0 Å². The first kappa shape index (κ1) is 15.7. The molecule has 1 atom stereocenters. The zero-order valence-electron chi connectivity index (χ0n) is 17.3. The quantitative estimate of drug-likeness (QED) is 0.247. The Kier molecular flexibility index (Phi) is 2.48. The van der Waals surface area contributed by atoms with Gasteiger partial charge in [0.25, 0.3) is 0 Å². The molecule has 0 radical (unpaired) electrons. The molecule has 4 aromatic carbocycles. The first-order valence-corrected chi connectivity index (χ1v) is 11.4. The molecular weight excluding hydrogens is 388 g/mol. The Morgan fingerprint density at radius 1 is 0.594 bits per heavy atom. The van der Waals surface area contributed by atoms with E-state index in [-0.39, 0.29) is 0 Å². The second-order valence-corrected chi connectivity index (χ2v) is 9.32. The van der Waals surface area contributed by atoms with Crippen LogP contribution in [0.25, 0.3) is 60.6 Å². The van der Waals surface area contributed by atoms with Gasteiger partial charge in [-0.05, 0) is 23.8 Å². The van der Waals surface area contributed by atoms with E-state index in [0.717, 1.165) is 6.42 Å². The first-order chi connectivity index (χ1) is 15.9. The number of allylic oxidation sites excluding steroid dienone is 1. The van der Waals surface area contributed by atoms with Crippen molar-refractivity contribution in [3.8, 4) is 0 Å². The van der Waals surface area contributed by atoms with Crippen LogP contribution in [0.3, 0.4) is 0 Å². The van der Waals surface area contributed by atoms with Crippen LogP contribution in [-0.4, -0.2) is 8.97 Å². The molecule has 2 heteroatoms. The van der Waals surface area contributed by atoms with Gasteiger partial charge < -0.3 is 8.97 Å². The van der Waals surface area contributed by atoms with Crippen LogP contribution in [0.1, 0.15) is 22.9 Å². The van der Waals surface area contributed by atoms with E-state index in [0.29, 0.717) is 6.04 Å². The molecule has 148 valence electrons. The molecule has 2 nitrogen and oxygen atoms in total. The van der Waals surface area contributed by atoms with Gasteiger partial charge in [0.2, 0.25) is 0 Å². The smallest absolute Gasteiger partial charge is 0.0654 e. The lowest BCUT2D eigenvalue weighted by Crippen LogP contribution is -2.13. The molecule has 9 rings (SSSR count). The Bertz CT molecular complexity index is 1960. The molecule has 0 amide bonds. The van der Waals surface area contributed by atoms with Gasteiger partial charge in [0, 0.05) is 55.7 Å². The average molecular weight is 406 g/mol. The topological polar surface area (TPSA) is 9.34 Å². The van der Waals surface area contributed by atoms with Gasteiger partial charge in [0.1, 0.15) is 0 Å². The highest BCUT2D eigenvalue weighted by Crippen LogP contribution is 2.52. The Balaban J connectivity index is 1.45. The number of rotatable bonds is 0. The van der Waals surface area contributed by atoms with Crippen LogP contribution in [0.5, 0.6) is 0 Å². The van der Waals surface area contributed by atoms with Crippen LogP contribution in [-0.2, 0) is 6.42 Å². The molecule has 0 bridgehead atoms. The zero-order valence-corrected chi connectivity index (χ0v) is 17.3. The number of fused-ring (bicyclic) bond motifs is 12. The summed E-state index contributed by atoms with van der Waals surface area (Å²) in [6, 6.07) is 31.8. The number of hydrogen-bond acceptors (Lipinski definition) is 0. The lowest BCUT2D eigenvalue weighted by molar-refractivity contribution is 0.657. The second kappa shape index (κ2) is 5.05. The Morgan fingerprint density at radius 2 is 1.25 bits per heavy atom. The summed E-state index contributed by atoms with van der Waals surface area (Å²) in [5.41, 5.74) is 11.2. The number of nitrogens with zero attached hydrogens (tertiary/aromatic N) is 2. The summed E-state index contributed by atoms with van der Waals surface area (Å²) in [5.74, 6) is 0. The molecule has 1 aliphatic heterocycles. The summed E-state index contributed by atoms with van der Waals surface area (Å²) < 4.78 is 5.16. The molecule has 0 saturated heterocycles. The third-order valence-corrected chi connectivity index (χ3v) is 7.96. The van der Waals surface area contributed by atoms with Crippen LogP contribution in [0, 0.1) is 0 Å². The highest BCUT2D eigenvalue weighted by Gasteiger charge is 2.36. The van der Waals surface area contributed by atoms with E-state index < -0.39 is 0 Å². The lowest BCUT2D eigenvalue weighted by Gasteiger charge is -2.23. The minimum Gasteiger partial charge on any atom is -0.332 e. The van der Waals surface area contributed by atoms with Crippen molar-refractivity contribution in [1.29, 1.82) is 0 Å². The van der Waals surface area contributed by atoms with Crippen LogP contribution < -0.4 is 0 Å². The fourth-order valence-electron chi connectivity index (χ4n) is 6.80. The molecular formula is C30H18N2. The molecule has 0 fully saturated rings. The predicted octanol–water partition coefficient (Wildman–Crippen LogP) is 7.44. The maximum Gasteiger partial charge on any atom is 0.0654 e. The summed E-state index contributed by atoms with van der Waals surface area (Å²) in [6.07, 6.45) is 3.52. The Morgan fingerprint density at radius 3 is 2.12 bits per heavy atom. The maximum absolute atomic E-state index is 2.61. The van der Waals surface area contributed by atoms with Gasteiger partial charge in [0.05, 0.1) is 22.6 Å². The van der Waals surface area contributed by atoms with Gasteiger partial charge in [-0.25, -0.2) is 0 Å². The normalized spacial score (nSPS) is 17.1. The van der Waals surface area contributed by atoms with Gasteiger partial charge in [-0.2, -0.15) is 0 Å². The molecule has 1 unspecified atom stereocenters. The van der Waals surface area contributed by atoms with Crippen molar-refractivity contribution < 1.29 is 0 Å². The van der Waals surface area contributed by atoms with E-state index in [1.165, 1.54) is 71.4 Å². The fraction of sp³-hybridized carbons (Fsp3) is 0.0667. The highest BCUT2D eigenvalue weighted by molar-refractivity contribution is 6.19. The SMILES string of the molecule is C1=C2c3cccc4c5ccccc5n(c34)C2Cc2c1c1cccc3c4ccccc4n2c13. The van der Waals surface area contributed by atoms with Gasteiger partial charge in [-0.15, -0.1) is 0 Å². The molecule has 2 aliphatic rings. The van der Waals surface area contributed by atoms with E-state index in [9.17, 15) is 0 Å². The van der Waals surface area contributed by atoms with Crippen molar-refractivity contribution in [1.82, 2.24) is 8.97 Å². The van der Waals surface area contributed by atoms with Crippen molar-refractivity contribution in [3.05, 3.63) is 102 Å². The van der Waals surface area contributed by atoms with E-state index in [1.807, 2.05) is 0 Å². The molecule has 0 N–H and O–H groups in total. The second-order valence-electron chi connectivity index (χ2n) is 9.32. The average Bonchev–Trinajstić information content (AvgIpc) is 3.56. The summed E-state index contributed by atoms with van der Waals surface area (Å²) >= 11 is 0. The monoisotopic (exact) mass is 406 g/mol. The molecule has 32 heavy (non-hydrogen) atoms. The number of para-hydroxylation sites is 4. The summed E-state index contributed by atoms with van der Waals surface area (Å²) in [6.45, 7) is 0. The third kappa shape index (κ3) is 1.56. The lowest BCUT2D eigenvalue weighted by atomic mass is 9.88. The van der Waals surface area contributed by atoms with Crippen molar-refractivity contribution in [3.63, 3.8) is 0 Å². The van der Waals surface area contributed by atoms with Crippen LogP contribution in [0.4, 0.5) is 0 Å². The van der Waals surface area contributed by atoms with E-state index in [4.69, 9.17) is 0 Å². The van der Waals surface area contributed by atoms with Crippen molar-refractivity contribution in [2.75, 3.05) is 0 Å². The number of hydrogen-bond donors (Lipinski definition) is 0. The van der Waals surface area contributed by atoms with Gasteiger partial charge >= 0.3 is 0 Å². The van der Waals surface area contributed by atoms with Crippen molar-refractivity contribution >= 4 is 60.6 Å². The fourth-order valence-corrected chi connectivity index (χ4v) is 6.80. The highest BCUT2D eigenvalue weighted by atomic mass is 15.1. The minimum absolute atomic E-state index is 0.346. The maximum atomic E-state index is 2.61. The predicted molar refractivity (Wildman–Crippen MR) is 134 cm³/mol. The number of benzene rings is 4. The van der Waals surface area contributed by atoms with Crippen molar-refractivity contribution in [2.45, 2.75) is 12.5 Å². The molecule has 0 spiro atoms. The van der Waals surface area contributed by atoms with Gasteiger partial charge in [-0.1, -0.05) is 72.8 Å². The molecule has 0 saturated carbocycles. The molecule has 7 aromatic rings. The summed E-state index contributed by atoms with van der Waals surface area (Å²) in [5, 5.41) is 6.85. The molecule has 4 heterocycles. The third-order valence-electron chi connectivity index (χ3n) is 7.96. The standard InChI is InChI=1S/C30H18N2/c1-3-13-25-17(7-1)19-9-5-11-21-23-15-24-22-12-6-10-20-18-8-2-4-14-26(18)32(30(20)22)28(24)16-27(23)31(25)29(19)21/h1-15,27H,16H2. The summed E-state index contributed by atoms with van der Waals surface area (Å²) in [7, 11) is 0. The van der Waals surface area contributed by atoms with Gasteiger partial charge in [-0.3, -0.25) is 0 Å². The summed E-state index contributed by atoms with van der Waals surface area (Å²) in [4.78, 5) is 0. The van der Waals surface area contributed by atoms with Crippen molar-refractivity contribution in [2.24, 2.45) is 0 Å². The minimum atomic E-state index is 0.346. The van der Waals surface area contributed by atoms with E-state index >= 15 is 0 Å². The van der Waals surface area contributed by atoms with E-state index in [2.05, 4.69) is 100.0 Å². The van der Waals surface area contributed by atoms with Crippen LogP contribution in [0.2, 0.25) is 0 Å². The first-order valence-electron chi connectivity index (χ1n) is 11.4. The molecule has 3 aromatic heterocycles. The van der Waals surface area contributed by atoms with Crippen LogP contribution in [0.15, 0.2) is 84.9 Å². The molecule has 1 aliphatic carbocycles. The Hall–Kier alpha value is -4.04.